The number of amides is 1. The van der Waals surface area contributed by atoms with Crippen LogP contribution in [0.1, 0.15) is 52.0 Å². The summed E-state index contributed by atoms with van der Waals surface area (Å²) >= 11 is 0. The second-order valence-electron chi connectivity index (χ2n) is 8.24. The zero-order valence-corrected chi connectivity index (χ0v) is 18.2. The molecule has 5 nitrogen and oxygen atoms in total. The van der Waals surface area contributed by atoms with Gasteiger partial charge in [0.2, 0.25) is 0 Å². The molecule has 0 spiro atoms. The number of rotatable bonds is 5. The summed E-state index contributed by atoms with van der Waals surface area (Å²) in [5.74, 6) is -0.657. The van der Waals surface area contributed by atoms with Crippen LogP contribution in [-0.4, -0.2) is 35.4 Å². The van der Waals surface area contributed by atoms with E-state index in [9.17, 15) is 9.59 Å². The topological polar surface area (TPSA) is 59.5 Å². The molecule has 0 unspecified atom stereocenters. The fraction of sp³-hybridized carbons (Fsp3) is 0.346. The number of aryl methyl sites for hydroxylation is 2. The van der Waals surface area contributed by atoms with E-state index >= 15 is 0 Å². The maximum Gasteiger partial charge on any atom is 0.339 e. The van der Waals surface area contributed by atoms with Crippen LogP contribution in [0.3, 0.4) is 0 Å². The Kier molecular flexibility index (Phi) is 6.31. The molecule has 5 heteroatoms. The average Bonchev–Trinajstić information content (AvgIpc) is 3.02. The van der Waals surface area contributed by atoms with Crippen molar-refractivity contribution in [3.8, 4) is 0 Å². The molecule has 160 valence electrons. The van der Waals surface area contributed by atoms with Crippen molar-refractivity contribution in [2.24, 2.45) is 0 Å². The quantitative estimate of drug-likeness (QED) is 0.450. The van der Waals surface area contributed by atoms with Gasteiger partial charge in [-0.1, -0.05) is 48.9 Å². The number of carbonyl (C=O) groups is 2. The van der Waals surface area contributed by atoms with Gasteiger partial charge in [-0.2, -0.15) is 0 Å². The Labute approximate surface area is 183 Å². The van der Waals surface area contributed by atoms with E-state index in [-0.39, 0.29) is 12.5 Å². The number of esters is 1. The van der Waals surface area contributed by atoms with Gasteiger partial charge in [-0.05, 0) is 55.4 Å². The predicted octanol–water partition coefficient (Wildman–Crippen LogP) is 4.63. The van der Waals surface area contributed by atoms with E-state index in [0.29, 0.717) is 12.1 Å². The number of aromatic nitrogens is 1. The van der Waals surface area contributed by atoms with Crippen molar-refractivity contribution in [1.82, 2.24) is 9.88 Å². The number of nitrogens with zero attached hydrogens (tertiary/aromatic N) is 2. The first-order valence-corrected chi connectivity index (χ1v) is 10.9. The minimum atomic E-state index is -0.436. The lowest BCUT2D eigenvalue weighted by Crippen LogP contribution is -2.31. The summed E-state index contributed by atoms with van der Waals surface area (Å²) in [6.07, 6.45) is 4.93. The highest BCUT2D eigenvalue weighted by Gasteiger charge is 2.24. The molecule has 0 N–H and O–H groups in total. The largest absolute Gasteiger partial charge is 0.452 e. The number of hydrogen-bond donors (Lipinski definition) is 0. The van der Waals surface area contributed by atoms with Gasteiger partial charge in [-0.3, -0.25) is 9.78 Å². The van der Waals surface area contributed by atoms with Gasteiger partial charge in [0.1, 0.15) is 0 Å². The normalized spacial score (nSPS) is 13.4. The highest BCUT2D eigenvalue weighted by atomic mass is 16.5. The van der Waals surface area contributed by atoms with Gasteiger partial charge in [0.15, 0.2) is 6.61 Å². The van der Waals surface area contributed by atoms with Crippen molar-refractivity contribution in [3.63, 3.8) is 0 Å². The Morgan fingerprint density at radius 2 is 1.74 bits per heavy atom. The van der Waals surface area contributed by atoms with E-state index in [1.807, 2.05) is 55.5 Å². The number of pyridine rings is 1. The van der Waals surface area contributed by atoms with Crippen molar-refractivity contribution in [3.05, 3.63) is 76.5 Å². The molecule has 1 aromatic heterocycles. The Morgan fingerprint density at radius 1 is 1.00 bits per heavy atom. The van der Waals surface area contributed by atoms with Gasteiger partial charge >= 0.3 is 5.97 Å². The SMILES string of the molecule is Cc1ccccc1CN(C)C(=O)COC(=O)c1c2c(nc3ccccc13)CCCCC2. The molecule has 0 saturated heterocycles. The third-order valence-electron chi connectivity index (χ3n) is 6.04. The number of para-hydroxylation sites is 1. The van der Waals surface area contributed by atoms with Crippen molar-refractivity contribution < 1.29 is 14.3 Å². The molecular formula is C26H28N2O3. The average molecular weight is 417 g/mol. The van der Waals surface area contributed by atoms with Crippen LogP contribution in [0.15, 0.2) is 48.5 Å². The first kappa shape index (κ1) is 21.0. The number of benzene rings is 2. The van der Waals surface area contributed by atoms with Crippen molar-refractivity contribution >= 4 is 22.8 Å². The molecule has 0 radical (unpaired) electrons. The lowest BCUT2D eigenvalue weighted by atomic mass is 9.97. The Morgan fingerprint density at radius 3 is 2.58 bits per heavy atom. The monoisotopic (exact) mass is 416 g/mol. The smallest absolute Gasteiger partial charge is 0.339 e. The molecule has 1 aliphatic rings. The van der Waals surface area contributed by atoms with E-state index in [1.54, 1.807) is 11.9 Å². The molecule has 0 bridgehead atoms. The lowest BCUT2D eigenvalue weighted by molar-refractivity contribution is -0.133. The molecule has 0 fully saturated rings. The minimum Gasteiger partial charge on any atom is -0.452 e. The molecule has 0 atom stereocenters. The van der Waals surface area contributed by atoms with Crippen molar-refractivity contribution in [2.45, 2.75) is 45.6 Å². The summed E-state index contributed by atoms with van der Waals surface area (Å²) in [6.45, 7) is 2.23. The van der Waals surface area contributed by atoms with Crippen LogP contribution < -0.4 is 0 Å². The molecule has 0 aliphatic heterocycles. The van der Waals surface area contributed by atoms with Gasteiger partial charge < -0.3 is 9.64 Å². The van der Waals surface area contributed by atoms with E-state index < -0.39 is 5.97 Å². The standard InChI is InChI=1S/C26H28N2O3/c1-18-10-6-7-11-19(18)16-28(2)24(29)17-31-26(30)25-20-12-4-3-5-14-22(20)27-23-15-9-8-13-21(23)25/h6-11,13,15H,3-5,12,14,16-17H2,1-2H3. The highest BCUT2D eigenvalue weighted by molar-refractivity contribution is 6.05. The third kappa shape index (κ3) is 4.61. The van der Waals surface area contributed by atoms with Gasteiger partial charge in [0.05, 0.1) is 11.1 Å². The summed E-state index contributed by atoms with van der Waals surface area (Å²) in [5.41, 5.74) is 5.57. The molecule has 0 saturated carbocycles. The van der Waals surface area contributed by atoms with Gasteiger partial charge in [0.25, 0.3) is 5.91 Å². The lowest BCUT2D eigenvalue weighted by Gasteiger charge is -2.19. The zero-order valence-electron chi connectivity index (χ0n) is 18.2. The number of fused-ring (bicyclic) bond motifs is 2. The zero-order chi connectivity index (χ0) is 21.8. The van der Waals surface area contributed by atoms with E-state index in [1.165, 1.54) is 0 Å². The van der Waals surface area contributed by atoms with Crippen LogP contribution in [-0.2, 0) is 28.9 Å². The molecule has 1 heterocycles. The van der Waals surface area contributed by atoms with E-state index in [4.69, 9.17) is 9.72 Å². The second-order valence-corrected chi connectivity index (χ2v) is 8.24. The Bertz CT molecular complexity index is 1120. The second kappa shape index (κ2) is 9.29. The first-order chi connectivity index (χ1) is 15.0. The summed E-state index contributed by atoms with van der Waals surface area (Å²) in [5, 5.41) is 0.800. The predicted molar refractivity (Wildman–Crippen MR) is 121 cm³/mol. The summed E-state index contributed by atoms with van der Waals surface area (Å²) in [6, 6.07) is 15.6. The summed E-state index contributed by atoms with van der Waals surface area (Å²) in [7, 11) is 1.73. The van der Waals surface area contributed by atoms with Gasteiger partial charge in [-0.25, -0.2) is 4.79 Å². The van der Waals surface area contributed by atoms with E-state index in [2.05, 4.69) is 0 Å². The number of ether oxygens (including phenoxy) is 1. The maximum atomic E-state index is 13.2. The number of carbonyl (C=O) groups excluding carboxylic acids is 2. The minimum absolute atomic E-state index is 0.221. The van der Waals surface area contributed by atoms with Crippen LogP contribution in [0.4, 0.5) is 0 Å². The van der Waals surface area contributed by atoms with Crippen LogP contribution in [0.25, 0.3) is 10.9 Å². The van der Waals surface area contributed by atoms with Crippen LogP contribution in [0.2, 0.25) is 0 Å². The van der Waals surface area contributed by atoms with Crippen LogP contribution in [0.5, 0.6) is 0 Å². The molecule has 1 amide bonds. The molecule has 1 aliphatic carbocycles. The van der Waals surface area contributed by atoms with Gasteiger partial charge in [0, 0.05) is 24.7 Å². The highest BCUT2D eigenvalue weighted by Crippen LogP contribution is 2.29. The Balaban J connectivity index is 1.53. The fourth-order valence-corrected chi connectivity index (χ4v) is 4.22. The van der Waals surface area contributed by atoms with Crippen LogP contribution >= 0.6 is 0 Å². The van der Waals surface area contributed by atoms with Crippen molar-refractivity contribution in [1.29, 1.82) is 0 Å². The van der Waals surface area contributed by atoms with E-state index in [0.717, 1.165) is 65.4 Å². The number of likely N-dealkylation sites (N-methyl/N-ethyl adjacent to an activating group) is 1. The molecule has 2 aromatic carbocycles. The molecular weight excluding hydrogens is 388 g/mol. The Hall–Kier alpha value is -3.21. The molecule has 31 heavy (non-hydrogen) atoms. The number of hydrogen-bond acceptors (Lipinski definition) is 4. The molecule has 3 aromatic rings. The maximum absolute atomic E-state index is 13.2. The fourth-order valence-electron chi connectivity index (χ4n) is 4.22. The van der Waals surface area contributed by atoms with Crippen LogP contribution in [0, 0.1) is 6.92 Å². The summed E-state index contributed by atoms with van der Waals surface area (Å²) in [4.78, 5) is 32.2. The molecule has 4 rings (SSSR count). The summed E-state index contributed by atoms with van der Waals surface area (Å²) < 4.78 is 5.54. The van der Waals surface area contributed by atoms with Gasteiger partial charge in [-0.15, -0.1) is 0 Å². The van der Waals surface area contributed by atoms with Crippen molar-refractivity contribution in [2.75, 3.05) is 13.7 Å². The first-order valence-electron chi connectivity index (χ1n) is 10.9. The third-order valence-corrected chi connectivity index (χ3v) is 6.04.